The van der Waals surface area contributed by atoms with Crippen LogP contribution in [0.1, 0.15) is 18.4 Å². The molecule has 7 heteroatoms. The van der Waals surface area contributed by atoms with Crippen molar-refractivity contribution in [3.05, 3.63) is 35.9 Å². The molecule has 1 fully saturated rings. The molecule has 22 heavy (non-hydrogen) atoms. The Bertz CT molecular complexity index is 475. The van der Waals surface area contributed by atoms with Crippen LogP contribution in [0.3, 0.4) is 0 Å². The molecule has 0 spiro atoms. The number of rotatable bonds is 4. The highest BCUT2D eigenvalue weighted by atomic mass is 19.4. The summed E-state index contributed by atoms with van der Waals surface area (Å²) in [6, 6.07) is 7.11. The second kappa shape index (κ2) is 6.48. The first-order chi connectivity index (χ1) is 10.2. The van der Waals surface area contributed by atoms with E-state index < -0.39 is 24.3 Å². The van der Waals surface area contributed by atoms with Crippen molar-refractivity contribution in [2.45, 2.75) is 43.6 Å². The van der Waals surface area contributed by atoms with Gasteiger partial charge in [-0.05, 0) is 37.3 Å². The third-order valence-electron chi connectivity index (χ3n) is 4.14. The zero-order valence-corrected chi connectivity index (χ0v) is 11.7. The predicted octanol–water partition coefficient (Wildman–Crippen LogP) is 4.13. The minimum Gasteiger partial charge on any atom is -0.310 e. The van der Waals surface area contributed by atoms with Gasteiger partial charge in [-0.2, -0.15) is 13.2 Å². The standard InChI is InChI=1S/C15H17F6N/c16-13(17)14(18,15(19,20)21)12-9-11(6-7-22-12)8-10-4-2-1-3-5-10/h1-5,11-13,22H,6-9H2. The van der Waals surface area contributed by atoms with Crippen LogP contribution in [0, 0.1) is 5.92 Å². The number of halogens is 6. The molecule has 1 aliphatic heterocycles. The molecule has 124 valence electrons. The Morgan fingerprint density at radius 1 is 1.09 bits per heavy atom. The molecular weight excluding hydrogens is 308 g/mol. The van der Waals surface area contributed by atoms with E-state index >= 15 is 0 Å². The van der Waals surface area contributed by atoms with Crippen molar-refractivity contribution < 1.29 is 26.3 Å². The van der Waals surface area contributed by atoms with Crippen molar-refractivity contribution in [1.29, 1.82) is 0 Å². The quantitative estimate of drug-likeness (QED) is 0.821. The molecule has 3 unspecified atom stereocenters. The molecule has 1 heterocycles. The van der Waals surface area contributed by atoms with E-state index in [0.717, 1.165) is 5.56 Å². The summed E-state index contributed by atoms with van der Waals surface area (Å²) in [5, 5.41) is 2.29. The number of alkyl halides is 6. The molecule has 1 N–H and O–H groups in total. The van der Waals surface area contributed by atoms with Crippen LogP contribution >= 0.6 is 0 Å². The average molecular weight is 325 g/mol. The summed E-state index contributed by atoms with van der Waals surface area (Å²) >= 11 is 0. The lowest BCUT2D eigenvalue weighted by molar-refractivity contribution is -0.280. The Balaban J connectivity index is 2.12. The maximum atomic E-state index is 14.1. The Labute approximate surface area is 124 Å². The number of benzene rings is 1. The molecule has 0 saturated carbocycles. The Hall–Kier alpha value is -1.24. The van der Waals surface area contributed by atoms with Crippen molar-refractivity contribution >= 4 is 0 Å². The van der Waals surface area contributed by atoms with E-state index in [2.05, 4.69) is 5.32 Å². The molecule has 1 nitrogen and oxygen atoms in total. The molecule has 0 aliphatic carbocycles. The molecule has 1 saturated heterocycles. The summed E-state index contributed by atoms with van der Waals surface area (Å²) in [7, 11) is 0. The smallest absolute Gasteiger partial charge is 0.310 e. The van der Waals surface area contributed by atoms with Crippen molar-refractivity contribution in [1.82, 2.24) is 5.32 Å². The Morgan fingerprint density at radius 2 is 1.73 bits per heavy atom. The molecule has 0 amide bonds. The molecule has 0 aromatic heterocycles. The van der Waals surface area contributed by atoms with E-state index in [1.165, 1.54) is 0 Å². The first-order valence-electron chi connectivity index (χ1n) is 7.06. The highest BCUT2D eigenvalue weighted by Gasteiger charge is 2.67. The number of nitrogens with one attached hydrogen (secondary N) is 1. The molecule has 1 aliphatic rings. The van der Waals surface area contributed by atoms with Crippen molar-refractivity contribution in [2.24, 2.45) is 5.92 Å². The highest BCUT2D eigenvalue weighted by molar-refractivity contribution is 5.16. The zero-order chi connectivity index (χ0) is 16.4. The Kier molecular flexibility index (Phi) is 5.04. The molecule has 3 atom stereocenters. The average Bonchev–Trinajstić information content (AvgIpc) is 2.46. The first-order valence-corrected chi connectivity index (χ1v) is 7.06. The van der Waals surface area contributed by atoms with Crippen LogP contribution in [0.5, 0.6) is 0 Å². The number of piperidine rings is 1. The highest BCUT2D eigenvalue weighted by Crippen LogP contribution is 2.44. The van der Waals surface area contributed by atoms with Gasteiger partial charge in [0.25, 0.3) is 12.1 Å². The van der Waals surface area contributed by atoms with Crippen LogP contribution in [0.2, 0.25) is 0 Å². The van der Waals surface area contributed by atoms with Gasteiger partial charge in [-0.3, -0.25) is 0 Å². The molecule has 2 rings (SSSR count). The zero-order valence-electron chi connectivity index (χ0n) is 11.7. The lowest BCUT2D eigenvalue weighted by atomic mass is 9.81. The van der Waals surface area contributed by atoms with Gasteiger partial charge in [0.15, 0.2) is 0 Å². The van der Waals surface area contributed by atoms with Gasteiger partial charge in [0.05, 0.1) is 6.04 Å². The van der Waals surface area contributed by atoms with E-state index in [9.17, 15) is 26.3 Å². The van der Waals surface area contributed by atoms with E-state index in [4.69, 9.17) is 0 Å². The van der Waals surface area contributed by atoms with Gasteiger partial charge >= 0.3 is 6.18 Å². The topological polar surface area (TPSA) is 12.0 Å². The van der Waals surface area contributed by atoms with E-state index in [1.807, 2.05) is 18.2 Å². The monoisotopic (exact) mass is 325 g/mol. The first kappa shape index (κ1) is 17.1. The molecule has 0 radical (unpaired) electrons. The molecule has 0 bridgehead atoms. The second-order valence-electron chi connectivity index (χ2n) is 5.65. The van der Waals surface area contributed by atoms with E-state index in [1.54, 1.807) is 12.1 Å². The lowest BCUT2D eigenvalue weighted by Gasteiger charge is -2.40. The van der Waals surface area contributed by atoms with Crippen molar-refractivity contribution in [2.75, 3.05) is 6.54 Å². The van der Waals surface area contributed by atoms with E-state index in [-0.39, 0.29) is 18.9 Å². The number of hydrogen-bond acceptors (Lipinski definition) is 1. The van der Waals surface area contributed by atoms with Gasteiger partial charge in [-0.25, -0.2) is 13.2 Å². The van der Waals surface area contributed by atoms with Gasteiger partial charge in [0.1, 0.15) is 0 Å². The number of hydrogen-bond donors (Lipinski definition) is 1. The SMILES string of the molecule is FC(F)C(F)(C1CC(Cc2ccccc2)CCN1)C(F)(F)F. The minimum atomic E-state index is -5.60. The summed E-state index contributed by atoms with van der Waals surface area (Å²) < 4.78 is 78.0. The van der Waals surface area contributed by atoms with Crippen LogP contribution in [-0.4, -0.2) is 30.9 Å². The van der Waals surface area contributed by atoms with Crippen molar-refractivity contribution in [3.63, 3.8) is 0 Å². The summed E-state index contributed by atoms with van der Waals surface area (Å²) in [5.41, 5.74) is -3.61. The molecular formula is C15H17F6N. The van der Waals surface area contributed by atoms with Gasteiger partial charge in [0.2, 0.25) is 0 Å². The van der Waals surface area contributed by atoms with E-state index in [0.29, 0.717) is 12.8 Å². The third kappa shape index (κ3) is 3.39. The van der Waals surface area contributed by atoms with Crippen molar-refractivity contribution in [3.8, 4) is 0 Å². The van der Waals surface area contributed by atoms with Gasteiger partial charge < -0.3 is 5.32 Å². The molecule has 1 aromatic carbocycles. The Morgan fingerprint density at radius 3 is 2.27 bits per heavy atom. The maximum Gasteiger partial charge on any atom is 0.429 e. The normalized spacial score (nSPS) is 26.0. The van der Waals surface area contributed by atoms with Gasteiger partial charge in [-0.15, -0.1) is 0 Å². The largest absolute Gasteiger partial charge is 0.429 e. The fourth-order valence-electron chi connectivity index (χ4n) is 2.92. The van der Waals surface area contributed by atoms with Crippen LogP contribution < -0.4 is 5.32 Å². The van der Waals surface area contributed by atoms with Gasteiger partial charge in [0, 0.05) is 0 Å². The van der Waals surface area contributed by atoms with Crippen LogP contribution in [0.25, 0.3) is 0 Å². The fourth-order valence-corrected chi connectivity index (χ4v) is 2.92. The van der Waals surface area contributed by atoms with Crippen LogP contribution in [0.4, 0.5) is 26.3 Å². The van der Waals surface area contributed by atoms with Crippen LogP contribution in [-0.2, 0) is 6.42 Å². The lowest BCUT2D eigenvalue weighted by Crippen LogP contribution is -2.63. The maximum absolute atomic E-state index is 14.1. The predicted molar refractivity (Wildman–Crippen MR) is 70.6 cm³/mol. The summed E-state index contributed by atoms with van der Waals surface area (Å²) in [4.78, 5) is 0. The third-order valence-corrected chi connectivity index (χ3v) is 4.14. The summed E-state index contributed by atoms with van der Waals surface area (Å²) in [6.07, 6.45) is -9.00. The second-order valence-corrected chi connectivity index (χ2v) is 5.65. The molecule has 1 aromatic rings. The van der Waals surface area contributed by atoms with Gasteiger partial charge in [-0.1, -0.05) is 30.3 Å². The summed E-state index contributed by atoms with van der Waals surface area (Å²) in [5.74, 6) is -0.259. The fraction of sp³-hybridized carbons (Fsp3) is 0.600. The van der Waals surface area contributed by atoms with Crippen LogP contribution in [0.15, 0.2) is 30.3 Å². The summed E-state index contributed by atoms with van der Waals surface area (Å²) in [6.45, 7) is 0.0939. The minimum absolute atomic E-state index is 0.0939.